The lowest BCUT2D eigenvalue weighted by Crippen LogP contribution is -2.61. The highest BCUT2D eigenvalue weighted by Gasteiger charge is 2.50. The molecule has 2 aliphatic carbocycles. The minimum Gasteiger partial charge on any atom is -0.507 e. The van der Waals surface area contributed by atoms with Gasteiger partial charge in [-0.05, 0) is 19.9 Å². The van der Waals surface area contributed by atoms with E-state index in [0.29, 0.717) is 0 Å². The second kappa shape index (κ2) is 9.37. The summed E-state index contributed by atoms with van der Waals surface area (Å²) in [7, 11) is 1.32. The van der Waals surface area contributed by atoms with Gasteiger partial charge in [0.25, 0.3) is 0 Å². The van der Waals surface area contributed by atoms with E-state index in [1.165, 1.54) is 32.2 Å². The Bertz CT molecular complexity index is 1400. The molecular formula is C27H29NO11. The van der Waals surface area contributed by atoms with Gasteiger partial charge in [0.05, 0.1) is 48.2 Å². The average molecular weight is 544 g/mol. The monoisotopic (exact) mass is 543 g/mol. The molecule has 0 radical (unpaired) electrons. The quantitative estimate of drug-likeness (QED) is 0.241. The Morgan fingerprint density at radius 2 is 1.74 bits per heavy atom. The predicted octanol–water partition coefficient (Wildman–Crippen LogP) is -0.000300. The van der Waals surface area contributed by atoms with Crippen molar-refractivity contribution in [1.29, 1.82) is 0 Å². The molecule has 1 heterocycles. The number of fused-ring (bicyclic) bond motifs is 3. The highest BCUT2D eigenvalue weighted by Crippen LogP contribution is 2.52. The van der Waals surface area contributed by atoms with Crippen molar-refractivity contribution in [1.82, 2.24) is 0 Å². The standard InChI is InChI=1S/C27H29NO11/c1-9-20(30)19(28)25(35)26(38-9)39-14-8-27(36,10(2)29)7-12-16(14)24(34)18-17(22(12)32)21(31)11-5-4-6-13(37-3)15(11)23(18)33/h4-6,9,14,19-20,25-26,30,32,34-36H,7-8,28H2,1-3H3/t9?,14-,19+,20-,25+,26-,27-/m0/s1. The van der Waals surface area contributed by atoms with Crippen molar-refractivity contribution in [2.45, 2.75) is 69.0 Å². The van der Waals surface area contributed by atoms with Crippen LogP contribution < -0.4 is 10.5 Å². The van der Waals surface area contributed by atoms with E-state index < -0.39 is 95.2 Å². The van der Waals surface area contributed by atoms with E-state index in [9.17, 15) is 39.9 Å². The van der Waals surface area contributed by atoms with E-state index in [1.54, 1.807) is 0 Å². The number of ketones is 3. The number of carbonyl (C=O) groups is 3. The van der Waals surface area contributed by atoms with Crippen LogP contribution in [0.15, 0.2) is 18.2 Å². The van der Waals surface area contributed by atoms with Gasteiger partial charge < -0.3 is 45.5 Å². The van der Waals surface area contributed by atoms with E-state index in [2.05, 4.69) is 0 Å². The highest BCUT2D eigenvalue weighted by atomic mass is 16.7. The summed E-state index contributed by atoms with van der Waals surface area (Å²) in [5.74, 6) is -3.52. The molecule has 1 aliphatic heterocycles. The molecule has 2 aromatic rings. The summed E-state index contributed by atoms with van der Waals surface area (Å²) in [4.78, 5) is 39.6. The molecule has 0 spiro atoms. The SMILES string of the molecule is COc1cccc2c1C(=O)c1c(O)c3c(c(O)c1C2=O)C[C@@](O)(C(C)=O)C[C@@H]3O[C@@H]1OC(C)[C@H](O)[C@@H](N)[C@H]1O. The van der Waals surface area contributed by atoms with Gasteiger partial charge in [-0.3, -0.25) is 14.4 Å². The lowest BCUT2D eigenvalue weighted by Gasteiger charge is -2.44. The van der Waals surface area contributed by atoms with Crippen molar-refractivity contribution in [3.63, 3.8) is 0 Å². The molecule has 5 rings (SSSR count). The highest BCUT2D eigenvalue weighted by molar-refractivity contribution is 6.31. The first kappa shape index (κ1) is 27.2. The van der Waals surface area contributed by atoms with Crippen LogP contribution in [0, 0.1) is 0 Å². The summed E-state index contributed by atoms with van der Waals surface area (Å²) >= 11 is 0. The number of benzene rings is 2. The van der Waals surface area contributed by atoms with Gasteiger partial charge in [0.1, 0.15) is 29.0 Å². The zero-order valence-electron chi connectivity index (χ0n) is 21.4. The number of hydrogen-bond donors (Lipinski definition) is 6. The van der Waals surface area contributed by atoms with Crippen LogP contribution in [0.4, 0.5) is 0 Å². The number of aliphatic hydroxyl groups is 3. The Kier molecular flexibility index (Phi) is 6.53. The molecule has 0 aromatic heterocycles. The van der Waals surface area contributed by atoms with Crippen molar-refractivity contribution in [3.05, 3.63) is 51.6 Å². The molecule has 1 saturated heterocycles. The van der Waals surface area contributed by atoms with E-state index in [4.69, 9.17) is 19.9 Å². The van der Waals surface area contributed by atoms with E-state index in [0.717, 1.165) is 6.92 Å². The topological polar surface area (TPSA) is 206 Å². The van der Waals surface area contributed by atoms with Gasteiger partial charge in [0.2, 0.25) is 5.78 Å². The summed E-state index contributed by atoms with van der Waals surface area (Å²) in [6, 6.07) is 3.20. The first-order valence-electron chi connectivity index (χ1n) is 12.4. The normalized spacial score (nSPS) is 31.8. The molecule has 3 aliphatic rings. The molecule has 1 fully saturated rings. The fourth-order valence-corrected chi connectivity index (χ4v) is 5.65. The molecule has 0 amide bonds. The summed E-state index contributed by atoms with van der Waals surface area (Å²) < 4.78 is 16.8. The fraction of sp³-hybridized carbons (Fsp3) is 0.444. The Labute approximate surface area is 222 Å². The molecule has 7 N–H and O–H groups in total. The van der Waals surface area contributed by atoms with Crippen LogP contribution in [0.2, 0.25) is 0 Å². The van der Waals surface area contributed by atoms with Crippen LogP contribution in [0.1, 0.15) is 69.3 Å². The lowest BCUT2D eigenvalue weighted by atomic mass is 9.72. The van der Waals surface area contributed by atoms with Gasteiger partial charge >= 0.3 is 0 Å². The number of methoxy groups -OCH3 is 1. The first-order chi connectivity index (χ1) is 18.3. The zero-order valence-corrected chi connectivity index (χ0v) is 21.4. The molecule has 2 aromatic carbocycles. The van der Waals surface area contributed by atoms with Crippen LogP contribution >= 0.6 is 0 Å². The molecule has 0 bridgehead atoms. The molecule has 39 heavy (non-hydrogen) atoms. The third kappa shape index (κ3) is 3.94. The van der Waals surface area contributed by atoms with Crippen LogP contribution in [-0.4, -0.2) is 86.2 Å². The maximum atomic E-state index is 13.6. The number of aromatic hydroxyl groups is 2. The van der Waals surface area contributed by atoms with Gasteiger partial charge in [0.15, 0.2) is 17.9 Å². The Morgan fingerprint density at radius 1 is 1.08 bits per heavy atom. The third-order valence-corrected chi connectivity index (χ3v) is 7.93. The molecule has 208 valence electrons. The van der Waals surface area contributed by atoms with Gasteiger partial charge in [0, 0.05) is 29.5 Å². The number of nitrogens with two attached hydrogens (primary N) is 1. The molecule has 7 atom stereocenters. The van der Waals surface area contributed by atoms with Crippen molar-refractivity contribution in [2.75, 3.05) is 7.11 Å². The molecule has 12 heteroatoms. The Hall–Kier alpha value is -3.39. The predicted molar refractivity (Wildman–Crippen MR) is 132 cm³/mol. The zero-order chi connectivity index (χ0) is 28.5. The van der Waals surface area contributed by atoms with Gasteiger partial charge in [-0.25, -0.2) is 0 Å². The minimum absolute atomic E-state index is 0.0489. The Balaban J connectivity index is 1.70. The fourth-order valence-electron chi connectivity index (χ4n) is 5.65. The maximum absolute atomic E-state index is 13.6. The number of carbonyl (C=O) groups excluding carboxylic acids is 3. The second-order valence-electron chi connectivity index (χ2n) is 10.2. The van der Waals surface area contributed by atoms with E-state index >= 15 is 0 Å². The molecule has 1 unspecified atom stereocenters. The summed E-state index contributed by atoms with van der Waals surface area (Å²) in [6.45, 7) is 2.64. The summed E-state index contributed by atoms with van der Waals surface area (Å²) in [6.07, 6.45) is -7.43. The first-order valence-corrected chi connectivity index (χ1v) is 12.4. The largest absolute Gasteiger partial charge is 0.507 e. The average Bonchev–Trinajstić information content (AvgIpc) is 2.90. The molecule has 0 saturated carbocycles. The number of rotatable bonds is 4. The molecule has 12 nitrogen and oxygen atoms in total. The van der Waals surface area contributed by atoms with Crippen molar-refractivity contribution in [3.8, 4) is 17.2 Å². The van der Waals surface area contributed by atoms with Gasteiger partial charge in [-0.15, -0.1) is 0 Å². The second-order valence-corrected chi connectivity index (χ2v) is 10.2. The number of aliphatic hydroxyl groups excluding tert-OH is 2. The maximum Gasteiger partial charge on any atom is 0.202 e. The molecular weight excluding hydrogens is 514 g/mol. The van der Waals surface area contributed by atoms with Crippen LogP contribution in [0.5, 0.6) is 17.2 Å². The van der Waals surface area contributed by atoms with Crippen molar-refractivity contribution >= 4 is 17.3 Å². The van der Waals surface area contributed by atoms with Gasteiger partial charge in [-0.1, -0.05) is 12.1 Å². The smallest absolute Gasteiger partial charge is 0.202 e. The number of hydrogen-bond acceptors (Lipinski definition) is 12. The van der Waals surface area contributed by atoms with Crippen LogP contribution in [0.25, 0.3) is 0 Å². The Morgan fingerprint density at radius 3 is 2.38 bits per heavy atom. The summed E-state index contributed by atoms with van der Waals surface area (Å²) in [5, 5.41) is 54.8. The van der Waals surface area contributed by atoms with Crippen molar-refractivity contribution < 1.29 is 54.1 Å². The van der Waals surface area contributed by atoms with E-state index in [1.807, 2.05) is 0 Å². The minimum atomic E-state index is -2.09. The number of phenols is 2. The third-order valence-electron chi connectivity index (χ3n) is 7.93. The number of Topliss-reactive ketones (excluding diaryl/α,β-unsaturated/α-hetero) is 1. The van der Waals surface area contributed by atoms with Crippen LogP contribution in [0.3, 0.4) is 0 Å². The number of phenolic OH excluding ortho intramolecular Hbond substituents is 2. The van der Waals surface area contributed by atoms with E-state index in [-0.39, 0.29) is 28.0 Å². The number of ether oxygens (including phenoxy) is 3. The summed E-state index contributed by atoms with van der Waals surface area (Å²) in [5.41, 5.74) is 2.39. The van der Waals surface area contributed by atoms with Crippen LogP contribution in [-0.2, 0) is 20.7 Å². The van der Waals surface area contributed by atoms with Crippen molar-refractivity contribution in [2.24, 2.45) is 5.73 Å². The lowest BCUT2D eigenvalue weighted by molar-refractivity contribution is -0.286. The van der Waals surface area contributed by atoms with Gasteiger partial charge in [-0.2, -0.15) is 0 Å².